The van der Waals surface area contributed by atoms with E-state index in [2.05, 4.69) is 22.5 Å². The average molecular weight is 533 g/mol. The number of Topliss-reactive ketones (excluding diaryl/α,β-unsaturated/α-hetero) is 1. The van der Waals surface area contributed by atoms with E-state index in [1.807, 2.05) is 13.8 Å². The molecule has 212 valence electrons. The molecule has 10 heteroatoms. The highest BCUT2D eigenvalue weighted by molar-refractivity contribution is 6.38. The number of amides is 4. The van der Waals surface area contributed by atoms with E-state index in [-0.39, 0.29) is 24.4 Å². The lowest BCUT2D eigenvalue weighted by Gasteiger charge is -2.36. The van der Waals surface area contributed by atoms with Gasteiger partial charge in [-0.3, -0.25) is 19.2 Å². The third-order valence-corrected chi connectivity index (χ3v) is 7.87. The van der Waals surface area contributed by atoms with Gasteiger partial charge in [-0.05, 0) is 63.7 Å². The van der Waals surface area contributed by atoms with Crippen LogP contribution in [0.4, 0.5) is 4.79 Å². The highest BCUT2D eigenvalue weighted by Gasteiger charge is 2.44. The summed E-state index contributed by atoms with van der Waals surface area (Å²) in [7, 11) is 0. The Morgan fingerprint density at radius 2 is 1.71 bits per heavy atom. The van der Waals surface area contributed by atoms with E-state index in [1.165, 1.54) is 6.08 Å². The van der Waals surface area contributed by atoms with Crippen molar-refractivity contribution in [3.05, 3.63) is 12.7 Å². The highest BCUT2D eigenvalue weighted by atomic mass is 16.5. The fraction of sp³-hybridized carbons (Fsp3) is 0.750. The van der Waals surface area contributed by atoms with Gasteiger partial charge in [-0.15, -0.1) is 6.58 Å². The molecule has 0 aromatic carbocycles. The lowest BCUT2D eigenvalue weighted by molar-refractivity contribution is -0.144. The third-order valence-electron chi connectivity index (χ3n) is 7.87. The van der Waals surface area contributed by atoms with E-state index in [0.717, 1.165) is 44.9 Å². The fourth-order valence-electron chi connectivity index (χ4n) is 5.50. The third kappa shape index (κ3) is 8.04. The summed E-state index contributed by atoms with van der Waals surface area (Å²) in [5, 5.41) is 8.05. The molecule has 0 aromatic heterocycles. The number of carbonyl (C=O) groups is 5. The molecule has 3 aliphatic rings. The van der Waals surface area contributed by atoms with Gasteiger partial charge in [-0.25, -0.2) is 4.79 Å². The van der Waals surface area contributed by atoms with Crippen LogP contribution in [0, 0.1) is 11.8 Å². The largest absolute Gasteiger partial charge is 0.449 e. The van der Waals surface area contributed by atoms with Crippen molar-refractivity contribution in [2.45, 2.75) is 109 Å². The number of hydrogen-bond acceptors (Lipinski definition) is 6. The number of carbonyl (C=O) groups excluding carboxylic acids is 5. The molecule has 2 aliphatic carbocycles. The fourth-order valence-corrected chi connectivity index (χ4v) is 5.50. The van der Waals surface area contributed by atoms with Gasteiger partial charge in [-0.2, -0.15) is 0 Å². The average Bonchev–Trinajstić information content (AvgIpc) is 3.67. The second-order valence-electron chi connectivity index (χ2n) is 11.0. The normalized spacial score (nSPS) is 23.2. The smallest absolute Gasteiger partial charge is 0.407 e. The summed E-state index contributed by atoms with van der Waals surface area (Å²) >= 11 is 0. The van der Waals surface area contributed by atoms with E-state index >= 15 is 0 Å². The van der Waals surface area contributed by atoms with E-state index in [0.29, 0.717) is 38.2 Å². The van der Waals surface area contributed by atoms with Crippen LogP contribution in [0.15, 0.2) is 12.7 Å². The number of rotatable bonds is 13. The lowest BCUT2D eigenvalue weighted by Crippen LogP contribution is -2.59. The van der Waals surface area contributed by atoms with E-state index in [1.54, 1.807) is 4.90 Å². The molecule has 2 saturated carbocycles. The highest BCUT2D eigenvalue weighted by Crippen LogP contribution is 2.32. The minimum Gasteiger partial charge on any atom is -0.449 e. The summed E-state index contributed by atoms with van der Waals surface area (Å²) in [5.41, 5.74) is 0. The van der Waals surface area contributed by atoms with Crippen LogP contribution >= 0.6 is 0 Å². The standard InChI is InChI=1S/C28H44N4O6/c1-4-9-21(24(33)26(35)29-16-5-2)30-25(34)22-15-12-18(3)32(22)27(36)23(20-10-7-6-8-11-20)31-28(37)38-17-19-13-14-19/h5,18-23H,2,4,6-17H2,1,3H3,(H,29,35)(H,30,34)(H,31,37)/t18-,21?,22-,23-/m0/s1. The van der Waals surface area contributed by atoms with Crippen LogP contribution < -0.4 is 16.0 Å². The number of alkyl carbamates (subject to hydrolysis) is 1. The summed E-state index contributed by atoms with van der Waals surface area (Å²) in [4.78, 5) is 66.5. The van der Waals surface area contributed by atoms with Crippen molar-refractivity contribution in [1.29, 1.82) is 0 Å². The molecule has 1 heterocycles. The van der Waals surface area contributed by atoms with Gasteiger partial charge in [0.1, 0.15) is 12.1 Å². The predicted octanol–water partition coefficient (Wildman–Crippen LogP) is 2.61. The molecule has 4 atom stereocenters. The van der Waals surface area contributed by atoms with Gasteiger partial charge in [0.25, 0.3) is 5.91 Å². The summed E-state index contributed by atoms with van der Waals surface area (Å²) in [5.74, 6) is -1.84. The van der Waals surface area contributed by atoms with Crippen molar-refractivity contribution in [2.24, 2.45) is 11.8 Å². The zero-order valence-electron chi connectivity index (χ0n) is 22.8. The molecule has 38 heavy (non-hydrogen) atoms. The molecule has 1 unspecified atom stereocenters. The molecular formula is C28H44N4O6. The van der Waals surface area contributed by atoms with Crippen molar-refractivity contribution >= 4 is 29.6 Å². The van der Waals surface area contributed by atoms with Gasteiger partial charge < -0.3 is 25.6 Å². The van der Waals surface area contributed by atoms with Crippen molar-refractivity contribution in [3.63, 3.8) is 0 Å². The first kappa shape index (κ1) is 29.6. The van der Waals surface area contributed by atoms with Gasteiger partial charge in [0.2, 0.25) is 17.6 Å². The molecule has 10 nitrogen and oxygen atoms in total. The zero-order valence-corrected chi connectivity index (χ0v) is 22.8. The van der Waals surface area contributed by atoms with Crippen molar-refractivity contribution in [1.82, 2.24) is 20.9 Å². The van der Waals surface area contributed by atoms with Crippen LogP contribution in [0.25, 0.3) is 0 Å². The predicted molar refractivity (Wildman–Crippen MR) is 142 cm³/mol. The van der Waals surface area contributed by atoms with E-state index < -0.39 is 41.8 Å². The van der Waals surface area contributed by atoms with Gasteiger partial charge in [-0.1, -0.05) is 38.7 Å². The maximum Gasteiger partial charge on any atom is 0.407 e. The van der Waals surface area contributed by atoms with Gasteiger partial charge in [0.05, 0.1) is 12.6 Å². The molecule has 0 aromatic rings. The zero-order chi connectivity index (χ0) is 27.7. The Kier molecular flexibility index (Phi) is 11.2. The lowest BCUT2D eigenvalue weighted by atomic mass is 9.83. The topological polar surface area (TPSA) is 134 Å². The monoisotopic (exact) mass is 532 g/mol. The second-order valence-corrected chi connectivity index (χ2v) is 11.0. The first-order valence-electron chi connectivity index (χ1n) is 14.3. The number of hydrogen-bond donors (Lipinski definition) is 3. The van der Waals surface area contributed by atoms with Crippen LogP contribution in [-0.4, -0.2) is 71.8 Å². The molecule has 0 bridgehead atoms. The summed E-state index contributed by atoms with van der Waals surface area (Å²) in [6.07, 6.45) is 9.68. The van der Waals surface area contributed by atoms with Crippen LogP contribution in [-0.2, 0) is 23.9 Å². The molecule has 0 radical (unpaired) electrons. The van der Waals surface area contributed by atoms with Crippen LogP contribution in [0.3, 0.4) is 0 Å². The first-order valence-corrected chi connectivity index (χ1v) is 14.3. The molecule has 1 aliphatic heterocycles. The number of likely N-dealkylation sites (tertiary alicyclic amines) is 1. The molecule has 3 N–H and O–H groups in total. The van der Waals surface area contributed by atoms with Gasteiger partial charge in [0.15, 0.2) is 0 Å². The first-order chi connectivity index (χ1) is 18.3. The number of nitrogens with one attached hydrogen (secondary N) is 3. The summed E-state index contributed by atoms with van der Waals surface area (Å²) in [6.45, 7) is 7.79. The van der Waals surface area contributed by atoms with Crippen molar-refractivity contribution < 1.29 is 28.7 Å². The Hall–Kier alpha value is -2.91. The summed E-state index contributed by atoms with van der Waals surface area (Å²) in [6, 6.07) is -2.73. The maximum atomic E-state index is 14.0. The quantitative estimate of drug-likeness (QED) is 0.247. The Morgan fingerprint density at radius 1 is 1.00 bits per heavy atom. The molecular weight excluding hydrogens is 488 g/mol. The van der Waals surface area contributed by atoms with Crippen LogP contribution in [0.5, 0.6) is 0 Å². The van der Waals surface area contributed by atoms with Gasteiger partial charge in [0, 0.05) is 12.6 Å². The minimum atomic E-state index is -0.977. The van der Waals surface area contributed by atoms with Crippen LogP contribution in [0.2, 0.25) is 0 Å². The molecule has 3 fully saturated rings. The van der Waals surface area contributed by atoms with Crippen molar-refractivity contribution in [2.75, 3.05) is 13.2 Å². The Labute approximate surface area is 225 Å². The maximum absolute atomic E-state index is 14.0. The Balaban J connectivity index is 1.72. The molecule has 0 spiro atoms. The van der Waals surface area contributed by atoms with E-state index in [9.17, 15) is 24.0 Å². The molecule has 4 amide bonds. The van der Waals surface area contributed by atoms with Crippen LogP contribution in [0.1, 0.15) is 84.5 Å². The number of ether oxygens (including phenoxy) is 1. The second kappa shape index (κ2) is 14.3. The SMILES string of the molecule is C=CCNC(=O)C(=O)C(CCC)NC(=O)[C@@H]1CC[C@H](C)N1C(=O)[C@@H](NC(=O)OCC1CC1)C1CCCCC1. The minimum absolute atomic E-state index is 0.0239. The Bertz CT molecular complexity index is 883. The van der Waals surface area contributed by atoms with Crippen molar-refractivity contribution in [3.8, 4) is 0 Å². The number of ketones is 1. The van der Waals surface area contributed by atoms with E-state index in [4.69, 9.17) is 4.74 Å². The molecule has 3 rings (SSSR count). The number of nitrogens with zero attached hydrogens (tertiary/aromatic N) is 1. The van der Waals surface area contributed by atoms with Gasteiger partial charge >= 0.3 is 6.09 Å². The summed E-state index contributed by atoms with van der Waals surface area (Å²) < 4.78 is 5.38. The Morgan fingerprint density at radius 3 is 2.34 bits per heavy atom. The molecule has 1 saturated heterocycles.